The Morgan fingerprint density at radius 3 is 3.12 bits per heavy atom. The summed E-state index contributed by atoms with van der Waals surface area (Å²) in [5.74, 6) is 0.773. The third kappa shape index (κ3) is 1.62. The normalized spacial score (nSPS) is 19.4. The van der Waals surface area contributed by atoms with Crippen LogP contribution in [0.15, 0.2) is 17.9 Å². The van der Waals surface area contributed by atoms with Gasteiger partial charge in [-0.05, 0) is 19.3 Å². The molecule has 1 aliphatic carbocycles. The van der Waals surface area contributed by atoms with E-state index in [4.69, 9.17) is 5.73 Å². The quantitative estimate of drug-likeness (QED) is 0.816. The molecule has 0 amide bonds. The second-order valence-corrected chi connectivity index (χ2v) is 4.85. The van der Waals surface area contributed by atoms with Crippen molar-refractivity contribution in [3.63, 3.8) is 0 Å². The second-order valence-electron chi connectivity index (χ2n) is 3.96. The van der Waals surface area contributed by atoms with E-state index >= 15 is 0 Å². The van der Waals surface area contributed by atoms with E-state index in [0.717, 1.165) is 41.2 Å². The fourth-order valence-electron chi connectivity index (χ4n) is 2.03. The number of fused-ring (bicyclic) bond motifs is 1. The van der Waals surface area contributed by atoms with Crippen molar-refractivity contribution in [2.75, 3.05) is 0 Å². The molecule has 0 saturated carbocycles. The van der Waals surface area contributed by atoms with Crippen LogP contribution in [0.5, 0.6) is 0 Å². The topological polar surface area (TPSA) is 64.7 Å². The number of hydrogen-bond acceptors (Lipinski definition) is 5. The molecule has 16 heavy (non-hydrogen) atoms. The summed E-state index contributed by atoms with van der Waals surface area (Å²) < 4.78 is 0. The molecular formula is C11H12N4S. The van der Waals surface area contributed by atoms with Crippen LogP contribution < -0.4 is 5.73 Å². The third-order valence-corrected chi connectivity index (χ3v) is 3.65. The molecule has 0 spiro atoms. The lowest BCUT2D eigenvalue weighted by Crippen LogP contribution is -2.19. The molecule has 0 radical (unpaired) electrons. The van der Waals surface area contributed by atoms with E-state index in [1.807, 2.05) is 6.20 Å². The van der Waals surface area contributed by atoms with Crippen molar-refractivity contribution in [1.29, 1.82) is 0 Å². The van der Waals surface area contributed by atoms with E-state index in [9.17, 15) is 0 Å². The van der Waals surface area contributed by atoms with Crippen molar-refractivity contribution in [3.05, 3.63) is 29.2 Å². The number of aromatic nitrogens is 3. The second kappa shape index (κ2) is 3.92. The van der Waals surface area contributed by atoms with Gasteiger partial charge in [0.05, 0.1) is 10.4 Å². The Bertz CT molecular complexity index is 495. The van der Waals surface area contributed by atoms with Crippen LogP contribution in [0.25, 0.3) is 10.7 Å². The van der Waals surface area contributed by atoms with Gasteiger partial charge in [-0.3, -0.25) is 4.98 Å². The SMILES string of the molecule is NC1CCCc2nc(-c3cncs3)ncc21. The lowest BCUT2D eigenvalue weighted by Gasteiger charge is -2.20. The standard InChI is InChI=1S/C11H12N4S/c12-8-2-1-3-9-7(8)4-14-11(15-9)10-5-13-6-16-10/h4-6,8H,1-3,12H2. The minimum atomic E-state index is 0.110. The maximum absolute atomic E-state index is 6.03. The van der Waals surface area contributed by atoms with Crippen molar-refractivity contribution < 1.29 is 0 Å². The average Bonchev–Trinajstić information content (AvgIpc) is 2.82. The highest BCUT2D eigenvalue weighted by atomic mass is 32.1. The summed E-state index contributed by atoms with van der Waals surface area (Å²) in [5, 5.41) is 0. The van der Waals surface area contributed by atoms with Crippen LogP contribution in [-0.4, -0.2) is 15.0 Å². The van der Waals surface area contributed by atoms with Crippen LogP contribution in [0, 0.1) is 0 Å². The zero-order valence-corrected chi connectivity index (χ0v) is 9.57. The first kappa shape index (κ1) is 9.86. The molecule has 0 bridgehead atoms. The Labute approximate surface area is 97.6 Å². The zero-order chi connectivity index (χ0) is 11.0. The van der Waals surface area contributed by atoms with Gasteiger partial charge in [0.25, 0.3) is 0 Å². The molecule has 2 aromatic heterocycles. The van der Waals surface area contributed by atoms with E-state index in [2.05, 4.69) is 15.0 Å². The highest BCUT2D eigenvalue weighted by molar-refractivity contribution is 7.13. The first-order chi connectivity index (χ1) is 7.84. The van der Waals surface area contributed by atoms with Crippen molar-refractivity contribution >= 4 is 11.3 Å². The smallest absolute Gasteiger partial charge is 0.171 e. The highest BCUT2D eigenvalue weighted by Gasteiger charge is 2.19. The minimum Gasteiger partial charge on any atom is -0.324 e. The van der Waals surface area contributed by atoms with E-state index in [0.29, 0.717) is 0 Å². The number of nitrogens with zero attached hydrogens (tertiary/aromatic N) is 3. The van der Waals surface area contributed by atoms with Gasteiger partial charge < -0.3 is 5.73 Å². The van der Waals surface area contributed by atoms with E-state index in [1.54, 1.807) is 23.0 Å². The van der Waals surface area contributed by atoms with E-state index in [-0.39, 0.29) is 6.04 Å². The molecule has 0 fully saturated rings. The average molecular weight is 232 g/mol. The van der Waals surface area contributed by atoms with Gasteiger partial charge in [0.2, 0.25) is 0 Å². The molecule has 1 unspecified atom stereocenters. The predicted octanol–water partition coefficient (Wildman–Crippen LogP) is 1.94. The van der Waals surface area contributed by atoms with Crippen molar-refractivity contribution in [2.24, 2.45) is 5.73 Å². The van der Waals surface area contributed by atoms with E-state index < -0.39 is 0 Å². The summed E-state index contributed by atoms with van der Waals surface area (Å²) in [5.41, 5.74) is 10.0. The van der Waals surface area contributed by atoms with Gasteiger partial charge >= 0.3 is 0 Å². The van der Waals surface area contributed by atoms with Crippen LogP contribution in [-0.2, 0) is 6.42 Å². The van der Waals surface area contributed by atoms with Crippen LogP contribution in [0.1, 0.15) is 30.1 Å². The van der Waals surface area contributed by atoms with Crippen molar-refractivity contribution in [2.45, 2.75) is 25.3 Å². The molecule has 2 aromatic rings. The first-order valence-corrected chi connectivity index (χ1v) is 6.23. The molecule has 3 rings (SSSR count). The van der Waals surface area contributed by atoms with Crippen molar-refractivity contribution in [3.8, 4) is 10.7 Å². The van der Waals surface area contributed by atoms with Crippen molar-refractivity contribution in [1.82, 2.24) is 15.0 Å². The van der Waals surface area contributed by atoms with Gasteiger partial charge in [-0.2, -0.15) is 0 Å². The highest BCUT2D eigenvalue weighted by Crippen LogP contribution is 2.28. The molecule has 4 nitrogen and oxygen atoms in total. The van der Waals surface area contributed by atoms with Crippen LogP contribution in [0.4, 0.5) is 0 Å². The molecule has 1 aliphatic rings. The maximum atomic E-state index is 6.03. The summed E-state index contributed by atoms with van der Waals surface area (Å²) in [6.07, 6.45) is 6.84. The maximum Gasteiger partial charge on any atom is 0.171 e. The Hall–Kier alpha value is -1.33. The predicted molar refractivity (Wildman–Crippen MR) is 63.0 cm³/mol. The number of rotatable bonds is 1. The molecular weight excluding hydrogens is 220 g/mol. The van der Waals surface area contributed by atoms with Gasteiger partial charge in [0.15, 0.2) is 5.82 Å². The molecule has 2 heterocycles. The molecule has 0 saturated heterocycles. The minimum absolute atomic E-state index is 0.110. The lowest BCUT2D eigenvalue weighted by atomic mass is 9.93. The fourth-order valence-corrected chi connectivity index (χ4v) is 2.59. The Balaban J connectivity index is 2.05. The van der Waals surface area contributed by atoms with E-state index in [1.165, 1.54) is 0 Å². The van der Waals surface area contributed by atoms with Crippen LogP contribution in [0.3, 0.4) is 0 Å². The monoisotopic (exact) mass is 232 g/mol. The fraction of sp³-hybridized carbons (Fsp3) is 0.364. The molecule has 0 aliphatic heterocycles. The van der Waals surface area contributed by atoms with Crippen LogP contribution >= 0.6 is 11.3 Å². The van der Waals surface area contributed by atoms with Gasteiger partial charge in [-0.15, -0.1) is 11.3 Å². The Morgan fingerprint density at radius 1 is 1.38 bits per heavy atom. The summed E-state index contributed by atoms with van der Waals surface area (Å²) in [4.78, 5) is 14.0. The molecule has 1 atom stereocenters. The van der Waals surface area contributed by atoms with Gasteiger partial charge in [0.1, 0.15) is 0 Å². The molecule has 82 valence electrons. The number of hydrogen-bond donors (Lipinski definition) is 1. The lowest BCUT2D eigenvalue weighted by molar-refractivity contribution is 0.557. The number of nitrogens with two attached hydrogens (primary N) is 1. The third-order valence-electron chi connectivity index (χ3n) is 2.88. The number of thiazole rings is 1. The van der Waals surface area contributed by atoms with Gasteiger partial charge in [0, 0.05) is 29.7 Å². The first-order valence-electron chi connectivity index (χ1n) is 5.35. The summed E-state index contributed by atoms with van der Waals surface area (Å²) in [7, 11) is 0. The number of aryl methyl sites for hydroxylation is 1. The van der Waals surface area contributed by atoms with Gasteiger partial charge in [-0.25, -0.2) is 9.97 Å². The summed E-state index contributed by atoms with van der Waals surface area (Å²) >= 11 is 1.56. The molecule has 2 N–H and O–H groups in total. The van der Waals surface area contributed by atoms with Crippen LogP contribution in [0.2, 0.25) is 0 Å². The van der Waals surface area contributed by atoms with Gasteiger partial charge in [-0.1, -0.05) is 0 Å². The summed E-state index contributed by atoms with van der Waals surface area (Å²) in [6, 6.07) is 0.110. The molecule has 5 heteroatoms. The summed E-state index contributed by atoms with van der Waals surface area (Å²) in [6.45, 7) is 0. The Morgan fingerprint density at radius 2 is 2.31 bits per heavy atom. The zero-order valence-electron chi connectivity index (χ0n) is 8.76. The Kier molecular flexibility index (Phi) is 2.41. The molecule has 0 aromatic carbocycles. The largest absolute Gasteiger partial charge is 0.324 e.